The first-order valence-corrected chi connectivity index (χ1v) is 9.01. The van der Waals surface area contributed by atoms with Crippen molar-refractivity contribution < 1.29 is 0 Å². The second-order valence-corrected chi connectivity index (χ2v) is 8.94. The van der Waals surface area contributed by atoms with Crippen molar-refractivity contribution in [1.82, 2.24) is 4.90 Å². The molecule has 1 heterocycles. The highest BCUT2D eigenvalue weighted by Crippen LogP contribution is 2.68. The zero-order valence-corrected chi connectivity index (χ0v) is 13.4. The predicted octanol–water partition coefficient (Wildman–Crippen LogP) is 4.03. The molecule has 2 heteroatoms. The first kappa shape index (κ1) is 13.3. The molecule has 3 aliphatic rings. The highest BCUT2D eigenvalue weighted by Gasteiger charge is 2.64. The average Bonchev–Trinajstić information content (AvgIpc) is 2.90. The zero-order chi connectivity index (χ0) is 13.0. The number of thioether (sulfide) groups is 1. The highest BCUT2D eigenvalue weighted by molar-refractivity contribution is 8.00. The maximum Gasteiger partial charge on any atom is 0.0287 e. The van der Waals surface area contributed by atoms with E-state index in [2.05, 4.69) is 43.7 Å². The minimum absolute atomic E-state index is 0.506. The molecule has 18 heavy (non-hydrogen) atoms. The van der Waals surface area contributed by atoms with Gasteiger partial charge in [-0.05, 0) is 69.2 Å². The molecule has 1 aliphatic heterocycles. The van der Waals surface area contributed by atoms with Crippen LogP contribution in [0.4, 0.5) is 0 Å². The third-order valence-electron chi connectivity index (χ3n) is 6.39. The molecule has 0 aromatic heterocycles. The smallest absolute Gasteiger partial charge is 0.0287 e. The van der Waals surface area contributed by atoms with Crippen molar-refractivity contribution in [2.75, 3.05) is 19.3 Å². The SMILES string of the molecule is CS[C@]1(C)C[C@@H]2[C@@H](C[C@H]1N1CCCCC1)C2(C)C. The zero-order valence-electron chi connectivity index (χ0n) is 12.5. The van der Waals surface area contributed by atoms with E-state index in [1.54, 1.807) is 0 Å². The lowest BCUT2D eigenvalue weighted by Gasteiger charge is -2.47. The molecule has 0 N–H and O–H groups in total. The molecule has 0 spiro atoms. The van der Waals surface area contributed by atoms with Crippen molar-refractivity contribution in [2.24, 2.45) is 17.3 Å². The molecule has 3 fully saturated rings. The topological polar surface area (TPSA) is 3.24 Å². The summed E-state index contributed by atoms with van der Waals surface area (Å²) in [6.07, 6.45) is 9.57. The molecule has 2 aliphatic carbocycles. The monoisotopic (exact) mass is 267 g/mol. The summed E-state index contributed by atoms with van der Waals surface area (Å²) in [6, 6.07) is 0.843. The molecule has 1 nitrogen and oxygen atoms in total. The van der Waals surface area contributed by atoms with E-state index in [1.807, 2.05) is 0 Å². The van der Waals surface area contributed by atoms with E-state index in [1.165, 1.54) is 45.2 Å². The largest absolute Gasteiger partial charge is 0.299 e. The van der Waals surface area contributed by atoms with Crippen LogP contribution in [-0.2, 0) is 0 Å². The van der Waals surface area contributed by atoms with Gasteiger partial charge in [0.2, 0.25) is 0 Å². The Morgan fingerprint density at radius 2 is 1.67 bits per heavy atom. The molecule has 0 aromatic carbocycles. The number of rotatable bonds is 2. The van der Waals surface area contributed by atoms with Crippen LogP contribution in [0, 0.1) is 17.3 Å². The maximum atomic E-state index is 2.84. The number of likely N-dealkylation sites (tertiary alicyclic amines) is 1. The Morgan fingerprint density at radius 3 is 2.28 bits per heavy atom. The summed E-state index contributed by atoms with van der Waals surface area (Å²) < 4.78 is 0.506. The van der Waals surface area contributed by atoms with Crippen molar-refractivity contribution >= 4 is 11.8 Å². The Bertz CT molecular complexity index is 321. The van der Waals surface area contributed by atoms with Crippen LogP contribution in [0.2, 0.25) is 0 Å². The molecule has 0 unspecified atom stereocenters. The van der Waals surface area contributed by atoms with Gasteiger partial charge in [0.05, 0.1) is 0 Å². The Balaban J connectivity index is 1.78. The van der Waals surface area contributed by atoms with Crippen LogP contribution < -0.4 is 0 Å². The second-order valence-electron chi connectivity index (χ2n) is 7.60. The minimum Gasteiger partial charge on any atom is -0.299 e. The van der Waals surface area contributed by atoms with Gasteiger partial charge >= 0.3 is 0 Å². The van der Waals surface area contributed by atoms with Crippen molar-refractivity contribution in [3.8, 4) is 0 Å². The Hall–Kier alpha value is 0.310. The van der Waals surface area contributed by atoms with Crippen molar-refractivity contribution in [2.45, 2.75) is 63.7 Å². The maximum absolute atomic E-state index is 2.84. The van der Waals surface area contributed by atoms with Gasteiger partial charge in [-0.15, -0.1) is 0 Å². The van der Waals surface area contributed by atoms with E-state index >= 15 is 0 Å². The van der Waals surface area contributed by atoms with Gasteiger partial charge in [-0.2, -0.15) is 11.8 Å². The number of hydrogen-bond acceptors (Lipinski definition) is 2. The van der Waals surface area contributed by atoms with Gasteiger partial charge in [0, 0.05) is 10.8 Å². The van der Waals surface area contributed by atoms with E-state index in [-0.39, 0.29) is 0 Å². The van der Waals surface area contributed by atoms with E-state index in [4.69, 9.17) is 0 Å². The summed E-state index contributed by atoms with van der Waals surface area (Å²) >= 11 is 2.14. The van der Waals surface area contributed by atoms with Gasteiger partial charge in [0.15, 0.2) is 0 Å². The van der Waals surface area contributed by atoms with E-state index < -0.39 is 0 Å². The van der Waals surface area contributed by atoms with Crippen LogP contribution in [0.1, 0.15) is 52.9 Å². The van der Waals surface area contributed by atoms with E-state index in [9.17, 15) is 0 Å². The van der Waals surface area contributed by atoms with Crippen LogP contribution in [0.15, 0.2) is 0 Å². The Labute approximate surface area is 117 Å². The lowest BCUT2D eigenvalue weighted by atomic mass is 9.83. The van der Waals surface area contributed by atoms with Crippen LogP contribution in [0.3, 0.4) is 0 Å². The van der Waals surface area contributed by atoms with Crippen LogP contribution in [0.5, 0.6) is 0 Å². The van der Waals surface area contributed by atoms with Gasteiger partial charge in [0.1, 0.15) is 0 Å². The summed E-state index contributed by atoms with van der Waals surface area (Å²) in [7, 11) is 0. The van der Waals surface area contributed by atoms with Gasteiger partial charge < -0.3 is 0 Å². The molecule has 0 radical (unpaired) electrons. The normalized spacial score (nSPS) is 47.7. The first-order valence-electron chi connectivity index (χ1n) is 7.78. The molecular formula is C16H29NS. The molecule has 3 rings (SSSR count). The number of piperidine rings is 1. The number of nitrogens with zero attached hydrogens (tertiary/aromatic N) is 1. The second kappa shape index (κ2) is 4.41. The molecule has 0 aromatic rings. The highest BCUT2D eigenvalue weighted by atomic mass is 32.2. The summed E-state index contributed by atoms with van der Waals surface area (Å²) in [5.41, 5.74) is 0.640. The molecular weight excluding hydrogens is 238 g/mol. The quantitative estimate of drug-likeness (QED) is 0.743. The fraction of sp³-hybridized carbons (Fsp3) is 1.00. The third kappa shape index (κ3) is 1.95. The Morgan fingerprint density at radius 1 is 1.00 bits per heavy atom. The predicted molar refractivity (Wildman–Crippen MR) is 81.1 cm³/mol. The molecule has 104 valence electrons. The standard InChI is InChI=1S/C16H29NS/c1-15(2)12-10-14(17-8-6-5-7-9-17)16(3,18-4)11-13(12)15/h12-14H,5-11H2,1-4H3/t12-,13-,14-,16-/m1/s1. The molecule has 0 amide bonds. The lowest BCUT2D eigenvalue weighted by Crippen LogP contribution is -2.53. The number of fused-ring (bicyclic) bond motifs is 1. The summed E-state index contributed by atoms with van der Waals surface area (Å²) in [5.74, 6) is 2.03. The summed E-state index contributed by atoms with van der Waals surface area (Å²) in [5, 5.41) is 0. The molecule has 0 bridgehead atoms. The average molecular weight is 267 g/mol. The van der Waals surface area contributed by atoms with Gasteiger partial charge in [-0.1, -0.05) is 20.3 Å². The number of hydrogen-bond donors (Lipinski definition) is 0. The van der Waals surface area contributed by atoms with Gasteiger partial charge in [0.25, 0.3) is 0 Å². The molecule has 1 saturated heterocycles. The van der Waals surface area contributed by atoms with Gasteiger partial charge in [-0.25, -0.2) is 0 Å². The summed E-state index contributed by atoms with van der Waals surface area (Å²) in [6.45, 7) is 10.3. The summed E-state index contributed by atoms with van der Waals surface area (Å²) in [4.78, 5) is 2.84. The van der Waals surface area contributed by atoms with Crippen LogP contribution in [-0.4, -0.2) is 35.0 Å². The van der Waals surface area contributed by atoms with Gasteiger partial charge in [-0.3, -0.25) is 4.90 Å². The van der Waals surface area contributed by atoms with E-state index in [0.717, 1.165) is 17.9 Å². The Kier molecular flexibility index (Phi) is 3.26. The third-order valence-corrected chi connectivity index (χ3v) is 7.76. The van der Waals surface area contributed by atoms with Crippen molar-refractivity contribution in [3.05, 3.63) is 0 Å². The minimum atomic E-state index is 0.506. The van der Waals surface area contributed by atoms with E-state index in [0.29, 0.717) is 10.2 Å². The molecule has 2 saturated carbocycles. The lowest BCUT2D eigenvalue weighted by molar-refractivity contribution is 0.103. The van der Waals surface area contributed by atoms with Crippen LogP contribution in [0.25, 0.3) is 0 Å². The first-order chi connectivity index (χ1) is 8.49. The van der Waals surface area contributed by atoms with Crippen molar-refractivity contribution in [3.63, 3.8) is 0 Å². The fourth-order valence-electron chi connectivity index (χ4n) is 4.78. The van der Waals surface area contributed by atoms with Crippen molar-refractivity contribution in [1.29, 1.82) is 0 Å². The van der Waals surface area contributed by atoms with Crippen LogP contribution >= 0.6 is 11.8 Å². The fourth-order valence-corrected chi connectivity index (χ4v) is 5.64. The molecule has 4 atom stereocenters.